The summed E-state index contributed by atoms with van der Waals surface area (Å²) in [5.74, 6) is 0.419. The molecule has 2 aromatic carbocycles. The zero-order valence-corrected chi connectivity index (χ0v) is 18.4. The topological polar surface area (TPSA) is 88.9 Å². The molecule has 0 bridgehead atoms. The average molecular weight is 474 g/mol. The first-order valence-electron chi connectivity index (χ1n) is 8.84. The fourth-order valence-electron chi connectivity index (χ4n) is 2.54. The van der Waals surface area contributed by atoms with Crippen LogP contribution < -0.4 is 10.6 Å². The van der Waals surface area contributed by atoms with Crippen LogP contribution in [0.2, 0.25) is 0 Å². The molecule has 9 heteroatoms. The Labute approximate surface area is 181 Å². The van der Waals surface area contributed by atoms with Gasteiger partial charge < -0.3 is 15.2 Å². The number of nitrogens with zero attached hydrogens (tertiary/aromatic N) is 3. The van der Waals surface area contributed by atoms with E-state index in [1.165, 1.54) is 11.8 Å². The van der Waals surface area contributed by atoms with Crippen molar-refractivity contribution in [2.75, 3.05) is 16.4 Å². The number of para-hydroxylation sites is 1. The molecule has 0 aliphatic carbocycles. The molecule has 0 saturated carbocycles. The van der Waals surface area contributed by atoms with Crippen LogP contribution in [0.15, 0.2) is 58.2 Å². The van der Waals surface area contributed by atoms with Gasteiger partial charge in [-0.25, -0.2) is 0 Å². The molecular weight excluding hydrogens is 454 g/mol. The molecule has 0 aliphatic rings. The zero-order chi connectivity index (χ0) is 20.8. The Balaban J connectivity index is 1.53. The molecule has 2 N–H and O–H groups in total. The summed E-state index contributed by atoms with van der Waals surface area (Å²) >= 11 is 4.63. The first-order valence-corrected chi connectivity index (χ1v) is 10.6. The monoisotopic (exact) mass is 473 g/mol. The van der Waals surface area contributed by atoms with E-state index in [1.54, 1.807) is 11.6 Å². The summed E-state index contributed by atoms with van der Waals surface area (Å²) in [6, 6.07) is 14.9. The van der Waals surface area contributed by atoms with Crippen molar-refractivity contribution in [3.8, 4) is 0 Å². The van der Waals surface area contributed by atoms with Gasteiger partial charge in [-0.2, -0.15) is 0 Å². The number of aromatic nitrogens is 3. The van der Waals surface area contributed by atoms with E-state index in [4.69, 9.17) is 0 Å². The predicted octanol–water partition coefficient (Wildman–Crippen LogP) is 3.80. The van der Waals surface area contributed by atoms with Gasteiger partial charge in [0.25, 0.3) is 0 Å². The summed E-state index contributed by atoms with van der Waals surface area (Å²) in [6.45, 7) is 1.94. The molecule has 1 aromatic heterocycles. The Morgan fingerprint density at radius 2 is 1.76 bits per heavy atom. The van der Waals surface area contributed by atoms with E-state index in [-0.39, 0.29) is 24.0 Å². The molecule has 0 aliphatic heterocycles. The van der Waals surface area contributed by atoms with Crippen LogP contribution in [0.5, 0.6) is 0 Å². The molecule has 150 valence electrons. The van der Waals surface area contributed by atoms with E-state index < -0.39 is 0 Å². The normalized spacial score (nSPS) is 10.6. The number of thioether (sulfide) groups is 1. The molecule has 0 radical (unpaired) electrons. The quantitative estimate of drug-likeness (QED) is 0.509. The van der Waals surface area contributed by atoms with Gasteiger partial charge in [-0.3, -0.25) is 9.59 Å². The van der Waals surface area contributed by atoms with Gasteiger partial charge in [0.05, 0.1) is 12.2 Å². The number of aryl methyl sites for hydroxylation is 1. The number of nitrogens with one attached hydrogen (secondary N) is 2. The predicted molar refractivity (Wildman–Crippen MR) is 118 cm³/mol. The van der Waals surface area contributed by atoms with Gasteiger partial charge in [-0.05, 0) is 42.8 Å². The van der Waals surface area contributed by atoms with E-state index >= 15 is 0 Å². The van der Waals surface area contributed by atoms with Crippen LogP contribution in [0.25, 0.3) is 0 Å². The fraction of sp³-hybridized carbons (Fsp3) is 0.200. The van der Waals surface area contributed by atoms with E-state index in [9.17, 15) is 9.59 Å². The standard InChI is InChI=1S/C20H20BrN5O2S/c1-13-5-3-4-6-16(13)23-18(27)11-17-24-25-20(26(17)2)29-12-19(28)22-15-9-7-14(21)8-10-15/h3-10H,11-12H2,1-2H3,(H,22,28)(H,23,27). The van der Waals surface area contributed by atoms with Gasteiger partial charge >= 0.3 is 0 Å². The van der Waals surface area contributed by atoms with Crippen molar-refractivity contribution in [3.05, 3.63) is 64.4 Å². The number of anilines is 2. The highest BCUT2D eigenvalue weighted by Gasteiger charge is 2.15. The molecule has 0 atom stereocenters. The van der Waals surface area contributed by atoms with Crippen molar-refractivity contribution < 1.29 is 9.59 Å². The van der Waals surface area contributed by atoms with Crippen molar-refractivity contribution in [1.82, 2.24) is 14.8 Å². The van der Waals surface area contributed by atoms with Gasteiger partial charge in [-0.15, -0.1) is 10.2 Å². The molecular formula is C20H20BrN5O2S. The molecule has 29 heavy (non-hydrogen) atoms. The molecule has 1 heterocycles. The van der Waals surface area contributed by atoms with Crippen molar-refractivity contribution >= 4 is 50.9 Å². The third kappa shape index (κ3) is 5.91. The third-order valence-electron chi connectivity index (χ3n) is 4.12. The van der Waals surface area contributed by atoms with Gasteiger partial charge in [0.15, 0.2) is 5.16 Å². The van der Waals surface area contributed by atoms with Crippen molar-refractivity contribution in [2.45, 2.75) is 18.5 Å². The van der Waals surface area contributed by atoms with Gasteiger partial charge in [-0.1, -0.05) is 45.9 Å². The molecule has 7 nitrogen and oxygen atoms in total. The Kier molecular flexibility index (Phi) is 7.05. The lowest BCUT2D eigenvalue weighted by molar-refractivity contribution is -0.116. The lowest BCUT2D eigenvalue weighted by Crippen LogP contribution is -2.17. The Morgan fingerprint density at radius 3 is 2.48 bits per heavy atom. The van der Waals surface area contributed by atoms with Crippen molar-refractivity contribution in [3.63, 3.8) is 0 Å². The molecule has 0 unspecified atom stereocenters. The number of amides is 2. The number of hydrogen-bond donors (Lipinski definition) is 2. The molecule has 3 aromatic rings. The largest absolute Gasteiger partial charge is 0.325 e. The lowest BCUT2D eigenvalue weighted by Gasteiger charge is -2.08. The van der Waals surface area contributed by atoms with Gasteiger partial charge in [0, 0.05) is 22.9 Å². The second kappa shape index (κ2) is 9.71. The maximum Gasteiger partial charge on any atom is 0.234 e. The van der Waals surface area contributed by atoms with Crippen LogP contribution in [-0.2, 0) is 23.1 Å². The Morgan fingerprint density at radius 1 is 1.03 bits per heavy atom. The van der Waals surface area contributed by atoms with Crippen molar-refractivity contribution in [1.29, 1.82) is 0 Å². The molecule has 0 fully saturated rings. The summed E-state index contributed by atoms with van der Waals surface area (Å²) < 4.78 is 2.68. The molecule has 2 amide bonds. The summed E-state index contributed by atoms with van der Waals surface area (Å²) in [7, 11) is 1.78. The highest BCUT2D eigenvalue weighted by molar-refractivity contribution is 9.10. The summed E-state index contributed by atoms with van der Waals surface area (Å²) in [6.07, 6.45) is 0.101. The van der Waals surface area contributed by atoms with Crippen molar-refractivity contribution in [2.24, 2.45) is 7.05 Å². The number of carbonyl (C=O) groups is 2. The third-order valence-corrected chi connectivity index (χ3v) is 5.67. The van der Waals surface area contributed by atoms with E-state index in [0.717, 1.165) is 21.4 Å². The van der Waals surface area contributed by atoms with Crippen LogP contribution >= 0.6 is 27.7 Å². The molecule has 0 saturated heterocycles. The minimum atomic E-state index is -0.167. The summed E-state index contributed by atoms with van der Waals surface area (Å²) in [5, 5.41) is 14.5. The zero-order valence-electron chi connectivity index (χ0n) is 16.0. The maximum absolute atomic E-state index is 12.3. The molecule has 3 rings (SSSR count). The van der Waals surface area contributed by atoms with E-state index in [0.29, 0.717) is 11.0 Å². The Hall–Kier alpha value is -2.65. The summed E-state index contributed by atoms with van der Waals surface area (Å²) in [5.41, 5.74) is 2.50. The van der Waals surface area contributed by atoms with Gasteiger partial charge in [0.2, 0.25) is 11.8 Å². The first-order chi connectivity index (χ1) is 13.9. The molecule has 0 spiro atoms. The minimum absolute atomic E-state index is 0.101. The van der Waals surface area contributed by atoms with Gasteiger partial charge in [0.1, 0.15) is 5.82 Å². The number of halogens is 1. The highest BCUT2D eigenvalue weighted by atomic mass is 79.9. The maximum atomic E-state index is 12.3. The SMILES string of the molecule is Cc1ccccc1NC(=O)Cc1nnc(SCC(=O)Nc2ccc(Br)cc2)n1C. The highest BCUT2D eigenvalue weighted by Crippen LogP contribution is 2.19. The van der Waals surface area contributed by atoms with Crippen LogP contribution in [0.3, 0.4) is 0 Å². The second-order valence-corrected chi connectivity index (χ2v) is 8.20. The first kappa shape index (κ1) is 21.1. The Bertz CT molecular complexity index is 1020. The number of rotatable bonds is 7. The van der Waals surface area contributed by atoms with Crippen LogP contribution in [0.1, 0.15) is 11.4 Å². The smallest absolute Gasteiger partial charge is 0.234 e. The van der Waals surface area contributed by atoms with E-state index in [1.807, 2.05) is 55.5 Å². The number of hydrogen-bond acceptors (Lipinski definition) is 5. The minimum Gasteiger partial charge on any atom is -0.325 e. The fourth-order valence-corrected chi connectivity index (χ4v) is 3.53. The number of benzene rings is 2. The van der Waals surface area contributed by atoms with Crippen LogP contribution in [-0.4, -0.2) is 32.3 Å². The average Bonchev–Trinajstić information content (AvgIpc) is 3.03. The van der Waals surface area contributed by atoms with E-state index in [2.05, 4.69) is 36.8 Å². The second-order valence-electron chi connectivity index (χ2n) is 6.34. The van der Waals surface area contributed by atoms with Crippen LogP contribution in [0, 0.1) is 6.92 Å². The lowest BCUT2D eigenvalue weighted by atomic mass is 10.2. The number of carbonyl (C=O) groups excluding carboxylic acids is 2. The summed E-state index contributed by atoms with van der Waals surface area (Å²) in [4.78, 5) is 24.5. The van der Waals surface area contributed by atoms with Crippen LogP contribution in [0.4, 0.5) is 11.4 Å².